The van der Waals surface area contributed by atoms with Gasteiger partial charge in [0.1, 0.15) is 12.1 Å². The number of benzene rings is 2. The topological polar surface area (TPSA) is 105 Å². The van der Waals surface area contributed by atoms with Crippen LogP contribution in [0.5, 0.6) is 0 Å². The quantitative estimate of drug-likeness (QED) is 0.548. The first kappa shape index (κ1) is 23.3. The molecule has 3 rings (SSSR count). The fraction of sp³-hybridized carbons (Fsp3) is 0.400. The van der Waals surface area contributed by atoms with Crippen molar-refractivity contribution in [2.24, 2.45) is 0 Å². The molecule has 0 saturated carbocycles. The molecule has 0 aliphatic heterocycles. The Morgan fingerprint density at radius 3 is 2.12 bits per heavy atom. The highest BCUT2D eigenvalue weighted by molar-refractivity contribution is 5.89. The number of nitrogens with one attached hydrogen (secondary N) is 2. The molecule has 0 radical (unpaired) electrons. The largest absolute Gasteiger partial charge is 0.481 e. The van der Waals surface area contributed by atoms with Crippen molar-refractivity contribution in [3.8, 4) is 11.1 Å². The first-order chi connectivity index (χ1) is 15.2. The summed E-state index contributed by atoms with van der Waals surface area (Å²) < 4.78 is 5.52. The molecule has 170 valence electrons. The summed E-state index contributed by atoms with van der Waals surface area (Å²) in [6.45, 7) is 5.19. The van der Waals surface area contributed by atoms with Crippen LogP contribution in [0.1, 0.15) is 57.1 Å². The maximum absolute atomic E-state index is 12.7. The monoisotopic (exact) mass is 438 g/mol. The van der Waals surface area contributed by atoms with E-state index in [0.717, 1.165) is 28.7 Å². The van der Waals surface area contributed by atoms with Crippen LogP contribution >= 0.6 is 0 Å². The SMILES string of the molecule is CCC[C@H](CC(=O)O)NC(=O)C(C)(C)NC(=O)OCC1c2ccccc2-c2ccccc21. The van der Waals surface area contributed by atoms with Crippen molar-refractivity contribution in [3.05, 3.63) is 59.7 Å². The molecule has 1 atom stereocenters. The molecule has 1 aliphatic rings. The number of rotatable bonds is 9. The second kappa shape index (κ2) is 9.85. The Labute approximate surface area is 188 Å². The molecule has 7 heteroatoms. The van der Waals surface area contributed by atoms with Crippen LogP contribution < -0.4 is 10.6 Å². The number of alkyl carbamates (subject to hydrolysis) is 1. The molecule has 0 heterocycles. The number of ether oxygens (including phenoxy) is 1. The minimum Gasteiger partial charge on any atom is -0.481 e. The van der Waals surface area contributed by atoms with Gasteiger partial charge in [0.2, 0.25) is 5.91 Å². The lowest BCUT2D eigenvalue weighted by Crippen LogP contribution is -2.57. The lowest BCUT2D eigenvalue weighted by atomic mass is 9.98. The van der Waals surface area contributed by atoms with Crippen LogP contribution in [0.2, 0.25) is 0 Å². The molecule has 0 aromatic heterocycles. The lowest BCUT2D eigenvalue weighted by Gasteiger charge is -2.28. The zero-order chi connectivity index (χ0) is 23.3. The standard InChI is InChI=1S/C25H30N2O5/c1-4-9-16(14-22(28)29)26-23(30)25(2,3)27-24(31)32-15-21-19-12-7-5-10-17(19)18-11-6-8-13-20(18)21/h5-8,10-13,16,21H,4,9,14-15H2,1-3H3,(H,26,30)(H,27,31)(H,28,29)/t16-/m1/s1. The van der Waals surface area contributed by atoms with E-state index < -0.39 is 29.6 Å². The third kappa shape index (κ3) is 5.28. The van der Waals surface area contributed by atoms with Crippen LogP contribution in [-0.2, 0) is 14.3 Å². The van der Waals surface area contributed by atoms with Crippen molar-refractivity contribution in [1.82, 2.24) is 10.6 Å². The lowest BCUT2D eigenvalue weighted by molar-refractivity contribution is -0.138. The number of fused-ring (bicyclic) bond motifs is 3. The minimum atomic E-state index is -1.26. The number of hydrogen-bond acceptors (Lipinski definition) is 4. The molecule has 0 saturated heterocycles. The molecule has 2 aromatic carbocycles. The van der Waals surface area contributed by atoms with Gasteiger partial charge in [0.15, 0.2) is 0 Å². The Bertz CT molecular complexity index is 956. The van der Waals surface area contributed by atoms with Crippen molar-refractivity contribution in [1.29, 1.82) is 0 Å². The van der Waals surface area contributed by atoms with Gasteiger partial charge in [0.05, 0.1) is 6.42 Å². The molecular weight excluding hydrogens is 408 g/mol. The van der Waals surface area contributed by atoms with E-state index in [4.69, 9.17) is 9.84 Å². The predicted octanol–water partition coefficient (Wildman–Crippen LogP) is 4.06. The van der Waals surface area contributed by atoms with Crippen molar-refractivity contribution in [2.75, 3.05) is 6.61 Å². The number of carbonyl (C=O) groups is 3. The summed E-state index contributed by atoms with van der Waals surface area (Å²) in [7, 11) is 0. The van der Waals surface area contributed by atoms with Gasteiger partial charge in [-0.25, -0.2) is 4.79 Å². The number of carbonyl (C=O) groups excluding carboxylic acids is 2. The van der Waals surface area contributed by atoms with E-state index in [2.05, 4.69) is 22.8 Å². The normalized spacial score (nSPS) is 13.6. The Hall–Kier alpha value is -3.35. The Morgan fingerprint density at radius 2 is 1.59 bits per heavy atom. The maximum atomic E-state index is 12.7. The fourth-order valence-corrected chi connectivity index (χ4v) is 4.10. The highest BCUT2D eigenvalue weighted by Crippen LogP contribution is 2.44. The molecule has 32 heavy (non-hydrogen) atoms. The summed E-state index contributed by atoms with van der Waals surface area (Å²) in [5, 5.41) is 14.4. The van der Waals surface area contributed by atoms with Crippen LogP contribution in [0.25, 0.3) is 11.1 Å². The van der Waals surface area contributed by atoms with Gasteiger partial charge in [-0.3, -0.25) is 9.59 Å². The van der Waals surface area contributed by atoms with E-state index in [1.807, 2.05) is 43.3 Å². The van der Waals surface area contributed by atoms with Crippen molar-refractivity contribution < 1.29 is 24.2 Å². The number of carboxylic acid groups (broad SMARTS) is 1. The highest BCUT2D eigenvalue weighted by atomic mass is 16.5. The molecule has 2 amide bonds. The van der Waals surface area contributed by atoms with Gasteiger partial charge < -0.3 is 20.5 Å². The smallest absolute Gasteiger partial charge is 0.408 e. The molecule has 0 unspecified atom stereocenters. The van der Waals surface area contributed by atoms with Crippen LogP contribution in [0.3, 0.4) is 0 Å². The van der Waals surface area contributed by atoms with E-state index in [9.17, 15) is 14.4 Å². The Kier molecular flexibility index (Phi) is 7.18. The summed E-state index contributed by atoms with van der Waals surface area (Å²) in [6, 6.07) is 15.6. The van der Waals surface area contributed by atoms with E-state index in [1.165, 1.54) is 0 Å². The van der Waals surface area contributed by atoms with Gasteiger partial charge >= 0.3 is 12.1 Å². The van der Waals surface area contributed by atoms with Crippen LogP contribution in [-0.4, -0.2) is 41.3 Å². The summed E-state index contributed by atoms with van der Waals surface area (Å²) in [6.07, 6.45) is 0.412. The van der Waals surface area contributed by atoms with Gasteiger partial charge in [-0.05, 0) is 42.5 Å². The zero-order valence-electron chi connectivity index (χ0n) is 18.7. The van der Waals surface area contributed by atoms with Crippen LogP contribution in [0.15, 0.2) is 48.5 Å². The summed E-state index contributed by atoms with van der Waals surface area (Å²) in [4.78, 5) is 36.2. The first-order valence-corrected chi connectivity index (χ1v) is 10.9. The van der Waals surface area contributed by atoms with Crippen molar-refractivity contribution in [3.63, 3.8) is 0 Å². The molecule has 0 spiro atoms. The number of carboxylic acids is 1. The van der Waals surface area contributed by atoms with Gasteiger partial charge in [0.25, 0.3) is 0 Å². The molecule has 0 fully saturated rings. The van der Waals surface area contributed by atoms with Crippen molar-refractivity contribution >= 4 is 18.0 Å². The van der Waals surface area contributed by atoms with E-state index in [1.54, 1.807) is 13.8 Å². The van der Waals surface area contributed by atoms with Crippen LogP contribution in [0, 0.1) is 0 Å². The van der Waals surface area contributed by atoms with Gasteiger partial charge in [-0.1, -0.05) is 61.9 Å². The third-order valence-electron chi connectivity index (χ3n) is 5.72. The minimum absolute atomic E-state index is 0.0745. The number of amides is 2. The molecule has 0 bridgehead atoms. The second-order valence-corrected chi connectivity index (χ2v) is 8.63. The first-order valence-electron chi connectivity index (χ1n) is 10.9. The second-order valence-electron chi connectivity index (χ2n) is 8.63. The predicted molar refractivity (Wildman–Crippen MR) is 121 cm³/mol. The summed E-state index contributed by atoms with van der Waals surface area (Å²) in [5.41, 5.74) is 3.23. The van der Waals surface area contributed by atoms with Gasteiger partial charge in [0, 0.05) is 12.0 Å². The van der Waals surface area contributed by atoms with Crippen molar-refractivity contribution in [2.45, 2.75) is 57.5 Å². The van der Waals surface area contributed by atoms with Crippen LogP contribution in [0.4, 0.5) is 4.79 Å². The molecular formula is C25H30N2O5. The maximum Gasteiger partial charge on any atom is 0.408 e. The van der Waals surface area contributed by atoms with E-state index in [0.29, 0.717) is 6.42 Å². The fourth-order valence-electron chi connectivity index (χ4n) is 4.10. The average Bonchev–Trinajstić information content (AvgIpc) is 3.05. The number of aliphatic carboxylic acids is 1. The van der Waals surface area contributed by atoms with Gasteiger partial charge in [-0.2, -0.15) is 0 Å². The summed E-state index contributed by atoms with van der Waals surface area (Å²) >= 11 is 0. The number of hydrogen-bond donors (Lipinski definition) is 3. The Morgan fingerprint density at radius 1 is 1.03 bits per heavy atom. The van der Waals surface area contributed by atoms with E-state index in [-0.39, 0.29) is 18.9 Å². The summed E-state index contributed by atoms with van der Waals surface area (Å²) in [5.74, 6) is -1.51. The highest BCUT2D eigenvalue weighted by Gasteiger charge is 2.33. The third-order valence-corrected chi connectivity index (χ3v) is 5.72. The average molecular weight is 439 g/mol. The molecule has 2 aromatic rings. The molecule has 1 aliphatic carbocycles. The molecule has 7 nitrogen and oxygen atoms in total. The van der Waals surface area contributed by atoms with E-state index >= 15 is 0 Å². The molecule has 3 N–H and O–H groups in total. The zero-order valence-corrected chi connectivity index (χ0v) is 18.7. The van der Waals surface area contributed by atoms with Gasteiger partial charge in [-0.15, -0.1) is 0 Å². The Balaban J connectivity index is 1.62.